The van der Waals surface area contributed by atoms with Crippen LogP contribution in [0.1, 0.15) is 32.8 Å². The van der Waals surface area contributed by atoms with Gasteiger partial charge >= 0.3 is 0 Å². The lowest BCUT2D eigenvalue weighted by atomic mass is 9.92. The Hall–Kier alpha value is -1.11. The third-order valence-corrected chi connectivity index (χ3v) is 5.16. The summed E-state index contributed by atoms with van der Waals surface area (Å²) in [5.41, 5.74) is 5.77. The summed E-state index contributed by atoms with van der Waals surface area (Å²) in [6.07, 6.45) is 0.679. The van der Waals surface area contributed by atoms with Crippen molar-refractivity contribution >= 4 is 10.0 Å². The fraction of sp³-hybridized carbons (Fsp3) is 0.600. The first-order valence-electron chi connectivity index (χ1n) is 7.02. The van der Waals surface area contributed by atoms with Gasteiger partial charge in [0.15, 0.2) is 0 Å². The van der Waals surface area contributed by atoms with Gasteiger partial charge in [-0.2, -0.15) is 0 Å². The molecule has 3 N–H and O–H groups in total. The van der Waals surface area contributed by atoms with Gasteiger partial charge < -0.3 is 10.5 Å². The number of hydrogen-bond donors (Lipinski definition) is 2. The van der Waals surface area contributed by atoms with Crippen molar-refractivity contribution in [2.75, 3.05) is 13.7 Å². The third-order valence-electron chi connectivity index (χ3n) is 3.36. The van der Waals surface area contributed by atoms with E-state index in [2.05, 4.69) is 4.72 Å². The minimum Gasteiger partial charge on any atom is -0.497 e. The molecule has 0 bridgehead atoms. The van der Waals surface area contributed by atoms with Gasteiger partial charge in [0.05, 0.1) is 12.0 Å². The van der Waals surface area contributed by atoms with Gasteiger partial charge in [-0.05, 0) is 49.9 Å². The van der Waals surface area contributed by atoms with E-state index in [1.165, 1.54) is 0 Å². The van der Waals surface area contributed by atoms with Gasteiger partial charge in [0, 0.05) is 12.1 Å². The van der Waals surface area contributed by atoms with Gasteiger partial charge in [-0.3, -0.25) is 0 Å². The second-order valence-corrected chi connectivity index (χ2v) is 7.75. The molecule has 0 fully saturated rings. The maximum atomic E-state index is 12.6. The van der Waals surface area contributed by atoms with Crippen LogP contribution < -0.4 is 15.2 Å². The number of benzene rings is 1. The Labute approximate surface area is 127 Å². The molecule has 1 atom stereocenters. The van der Waals surface area contributed by atoms with Gasteiger partial charge in [-0.25, -0.2) is 13.1 Å². The number of ether oxygens (including phenoxy) is 1. The largest absolute Gasteiger partial charge is 0.497 e. The molecule has 0 radical (unpaired) electrons. The predicted octanol–water partition coefficient (Wildman–Crippen LogP) is 2.05. The van der Waals surface area contributed by atoms with E-state index < -0.39 is 15.6 Å². The van der Waals surface area contributed by atoms with Crippen LogP contribution in [0.25, 0.3) is 0 Å². The lowest BCUT2D eigenvalue weighted by Crippen LogP contribution is -2.52. The van der Waals surface area contributed by atoms with Crippen molar-refractivity contribution in [2.24, 2.45) is 11.7 Å². The van der Waals surface area contributed by atoms with E-state index in [9.17, 15) is 8.42 Å². The molecule has 0 aliphatic carbocycles. The first-order chi connectivity index (χ1) is 9.63. The number of methoxy groups -OCH3 is 1. The van der Waals surface area contributed by atoms with E-state index >= 15 is 0 Å². The first-order valence-corrected chi connectivity index (χ1v) is 8.50. The molecular formula is C15H26N2O3S. The molecule has 1 aromatic carbocycles. The SMILES string of the molecule is COc1ccc(S(=O)(=O)NC(C)(CN)CC(C)C)c(C)c1. The van der Waals surface area contributed by atoms with Crippen molar-refractivity contribution in [1.29, 1.82) is 0 Å². The summed E-state index contributed by atoms with van der Waals surface area (Å²) < 4.78 is 33.1. The van der Waals surface area contributed by atoms with Crippen LogP contribution in [0.5, 0.6) is 5.75 Å². The summed E-state index contributed by atoms with van der Waals surface area (Å²) in [7, 11) is -2.07. The smallest absolute Gasteiger partial charge is 0.241 e. The van der Waals surface area contributed by atoms with Crippen LogP contribution in [0.3, 0.4) is 0 Å². The highest BCUT2D eigenvalue weighted by molar-refractivity contribution is 7.89. The quantitative estimate of drug-likeness (QED) is 0.807. The van der Waals surface area contributed by atoms with E-state index in [0.717, 1.165) is 0 Å². The maximum Gasteiger partial charge on any atom is 0.241 e. The molecule has 0 saturated heterocycles. The molecule has 0 aromatic heterocycles. The Morgan fingerprint density at radius 3 is 2.43 bits per heavy atom. The molecule has 1 unspecified atom stereocenters. The lowest BCUT2D eigenvalue weighted by molar-refractivity contribution is 0.344. The van der Waals surface area contributed by atoms with Crippen LogP contribution in [-0.2, 0) is 10.0 Å². The predicted molar refractivity (Wildman–Crippen MR) is 85.0 cm³/mol. The monoisotopic (exact) mass is 314 g/mol. The molecule has 1 rings (SSSR count). The van der Waals surface area contributed by atoms with Gasteiger partial charge in [-0.1, -0.05) is 13.8 Å². The van der Waals surface area contributed by atoms with Gasteiger partial charge in [0.1, 0.15) is 5.75 Å². The second kappa shape index (κ2) is 6.77. The molecule has 120 valence electrons. The van der Waals surface area contributed by atoms with Gasteiger partial charge in [-0.15, -0.1) is 0 Å². The molecule has 5 nitrogen and oxygen atoms in total. The Balaban J connectivity index is 3.11. The number of aryl methyl sites for hydroxylation is 1. The van der Waals surface area contributed by atoms with Crippen molar-refractivity contribution < 1.29 is 13.2 Å². The Bertz CT molecular complexity index is 585. The normalized spacial score (nSPS) is 15.0. The minimum atomic E-state index is -3.62. The van der Waals surface area contributed by atoms with Crippen LogP contribution in [0.4, 0.5) is 0 Å². The fourth-order valence-electron chi connectivity index (χ4n) is 2.50. The van der Waals surface area contributed by atoms with Crippen molar-refractivity contribution in [1.82, 2.24) is 4.72 Å². The van der Waals surface area contributed by atoms with E-state index in [4.69, 9.17) is 10.5 Å². The maximum absolute atomic E-state index is 12.6. The Kier molecular flexibility index (Phi) is 5.78. The standard InChI is InChI=1S/C15H26N2O3S/c1-11(2)9-15(4,10-16)17-21(18,19)14-7-6-13(20-5)8-12(14)3/h6-8,11,17H,9-10,16H2,1-5H3. The van der Waals surface area contributed by atoms with E-state index in [1.54, 1.807) is 32.2 Å². The number of rotatable bonds is 7. The molecule has 0 aliphatic rings. The topological polar surface area (TPSA) is 81.4 Å². The van der Waals surface area contributed by atoms with Crippen LogP contribution in [0.15, 0.2) is 23.1 Å². The lowest BCUT2D eigenvalue weighted by Gasteiger charge is -2.31. The molecule has 0 amide bonds. The number of nitrogens with two attached hydrogens (primary N) is 1. The zero-order chi connectivity index (χ0) is 16.3. The highest BCUT2D eigenvalue weighted by atomic mass is 32.2. The van der Waals surface area contributed by atoms with E-state index in [-0.39, 0.29) is 11.4 Å². The molecule has 21 heavy (non-hydrogen) atoms. The second-order valence-electron chi connectivity index (χ2n) is 6.10. The summed E-state index contributed by atoms with van der Waals surface area (Å²) in [6, 6.07) is 4.91. The molecule has 6 heteroatoms. The summed E-state index contributed by atoms with van der Waals surface area (Å²) in [5.74, 6) is 0.980. The molecule has 0 aliphatic heterocycles. The molecule has 0 saturated carbocycles. The van der Waals surface area contributed by atoms with Gasteiger partial charge in [0.25, 0.3) is 0 Å². The summed E-state index contributed by atoms with van der Waals surface area (Å²) in [4.78, 5) is 0.256. The summed E-state index contributed by atoms with van der Waals surface area (Å²) in [6.45, 7) is 7.92. The summed E-state index contributed by atoms with van der Waals surface area (Å²) >= 11 is 0. The fourth-order valence-corrected chi connectivity index (χ4v) is 4.15. The minimum absolute atomic E-state index is 0.250. The van der Waals surface area contributed by atoms with Crippen molar-refractivity contribution in [3.05, 3.63) is 23.8 Å². The highest BCUT2D eigenvalue weighted by Crippen LogP contribution is 2.24. The van der Waals surface area contributed by atoms with Crippen molar-refractivity contribution in [2.45, 2.75) is 44.6 Å². The first kappa shape index (κ1) is 17.9. The zero-order valence-electron chi connectivity index (χ0n) is 13.4. The molecule has 0 heterocycles. The van der Waals surface area contributed by atoms with Crippen LogP contribution in [0.2, 0.25) is 0 Å². The molecule has 0 spiro atoms. The van der Waals surface area contributed by atoms with Crippen LogP contribution >= 0.6 is 0 Å². The average Bonchev–Trinajstić information content (AvgIpc) is 2.36. The van der Waals surface area contributed by atoms with Crippen LogP contribution in [-0.4, -0.2) is 27.6 Å². The number of nitrogens with one attached hydrogen (secondary N) is 1. The molecular weight excluding hydrogens is 288 g/mol. The van der Waals surface area contributed by atoms with Crippen molar-refractivity contribution in [3.63, 3.8) is 0 Å². The van der Waals surface area contributed by atoms with E-state index in [0.29, 0.717) is 23.7 Å². The third kappa shape index (κ3) is 4.69. The highest BCUT2D eigenvalue weighted by Gasteiger charge is 2.31. The summed E-state index contributed by atoms with van der Waals surface area (Å²) in [5, 5.41) is 0. The van der Waals surface area contributed by atoms with Crippen molar-refractivity contribution in [3.8, 4) is 5.75 Å². The number of sulfonamides is 1. The van der Waals surface area contributed by atoms with Gasteiger partial charge in [0.2, 0.25) is 10.0 Å². The molecule has 1 aromatic rings. The van der Waals surface area contributed by atoms with Crippen LogP contribution in [0, 0.1) is 12.8 Å². The zero-order valence-corrected chi connectivity index (χ0v) is 14.3. The Morgan fingerprint density at radius 2 is 2.00 bits per heavy atom. The average molecular weight is 314 g/mol. The van der Waals surface area contributed by atoms with E-state index in [1.807, 2.05) is 20.8 Å². The number of hydrogen-bond acceptors (Lipinski definition) is 4. The Morgan fingerprint density at radius 1 is 1.38 bits per heavy atom.